The highest BCUT2D eigenvalue weighted by Crippen LogP contribution is 2.26. The van der Waals surface area contributed by atoms with E-state index in [9.17, 15) is 14.4 Å². The highest BCUT2D eigenvalue weighted by molar-refractivity contribution is 8.00. The van der Waals surface area contributed by atoms with E-state index >= 15 is 0 Å². The first-order valence-electron chi connectivity index (χ1n) is 6.84. The van der Waals surface area contributed by atoms with Gasteiger partial charge in [0.15, 0.2) is 5.03 Å². The Labute approximate surface area is 135 Å². The standard InChI is InChI=1S/C14H16N4O4S/c1-3-10(23-13-12(20)16-14(21)18-17-13)11(19)15-8-6-4-5-7-9(8)22-2/h4-7,10H,3H2,1-2H3,(H,15,19)(H2,16,18,20,21)/t10-/m1/s1. The van der Waals surface area contributed by atoms with Crippen LogP contribution in [0.25, 0.3) is 0 Å². The monoisotopic (exact) mass is 336 g/mol. The van der Waals surface area contributed by atoms with Crippen molar-refractivity contribution in [3.63, 3.8) is 0 Å². The minimum Gasteiger partial charge on any atom is -0.495 e. The number of hydrogen-bond donors (Lipinski definition) is 3. The number of thioether (sulfide) groups is 1. The van der Waals surface area contributed by atoms with Crippen molar-refractivity contribution in [3.8, 4) is 5.75 Å². The van der Waals surface area contributed by atoms with E-state index in [1.807, 2.05) is 6.92 Å². The van der Waals surface area contributed by atoms with Crippen LogP contribution in [0.1, 0.15) is 13.3 Å². The van der Waals surface area contributed by atoms with E-state index in [4.69, 9.17) is 4.74 Å². The van der Waals surface area contributed by atoms with E-state index in [1.54, 1.807) is 24.3 Å². The van der Waals surface area contributed by atoms with Crippen LogP contribution in [0.4, 0.5) is 5.69 Å². The van der Waals surface area contributed by atoms with Gasteiger partial charge in [0.05, 0.1) is 18.0 Å². The van der Waals surface area contributed by atoms with Crippen LogP contribution in [0, 0.1) is 0 Å². The smallest absolute Gasteiger partial charge is 0.342 e. The number of aromatic amines is 2. The Morgan fingerprint density at radius 1 is 1.39 bits per heavy atom. The predicted octanol–water partition coefficient (Wildman–Crippen LogP) is 0.976. The number of carbonyl (C=O) groups excluding carboxylic acids is 1. The normalized spacial score (nSPS) is 11.7. The number of hydrogen-bond acceptors (Lipinski definition) is 6. The molecule has 0 aliphatic heterocycles. The number of anilines is 1. The molecule has 0 saturated heterocycles. The predicted molar refractivity (Wildman–Crippen MR) is 87.0 cm³/mol. The van der Waals surface area contributed by atoms with Gasteiger partial charge in [-0.3, -0.25) is 14.6 Å². The van der Waals surface area contributed by atoms with Crippen molar-refractivity contribution in [2.75, 3.05) is 12.4 Å². The molecule has 9 heteroatoms. The molecule has 23 heavy (non-hydrogen) atoms. The first-order valence-corrected chi connectivity index (χ1v) is 7.72. The van der Waals surface area contributed by atoms with Crippen molar-refractivity contribution < 1.29 is 9.53 Å². The van der Waals surface area contributed by atoms with E-state index in [2.05, 4.69) is 20.5 Å². The quantitative estimate of drug-likeness (QED) is 0.677. The Kier molecular flexibility index (Phi) is 5.58. The first-order chi connectivity index (χ1) is 11.0. The zero-order valence-corrected chi connectivity index (χ0v) is 13.4. The molecular weight excluding hydrogens is 320 g/mol. The van der Waals surface area contributed by atoms with Crippen LogP contribution in [0.5, 0.6) is 5.75 Å². The summed E-state index contributed by atoms with van der Waals surface area (Å²) in [6.07, 6.45) is 0.478. The fourth-order valence-electron chi connectivity index (χ4n) is 1.83. The second kappa shape index (κ2) is 7.63. The molecule has 0 saturated carbocycles. The minimum atomic E-state index is -0.689. The number of aromatic nitrogens is 3. The molecule has 0 aliphatic carbocycles. The second-order valence-corrected chi connectivity index (χ2v) is 5.71. The molecule has 0 bridgehead atoms. The first kappa shape index (κ1) is 16.8. The molecule has 0 unspecified atom stereocenters. The van der Waals surface area contributed by atoms with E-state index in [1.165, 1.54) is 7.11 Å². The van der Waals surface area contributed by atoms with Gasteiger partial charge >= 0.3 is 5.69 Å². The van der Waals surface area contributed by atoms with Crippen molar-refractivity contribution in [2.45, 2.75) is 23.6 Å². The van der Waals surface area contributed by atoms with Gasteiger partial charge < -0.3 is 10.1 Å². The fourth-order valence-corrected chi connectivity index (χ4v) is 2.69. The zero-order valence-electron chi connectivity index (χ0n) is 12.6. The van der Waals surface area contributed by atoms with Crippen LogP contribution in [0.15, 0.2) is 38.9 Å². The molecule has 122 valence electrons. The third-order valence-corrected chi connectivity index (χ3v) is 4.29. The van der Waals surface area contributed by atoms with Crippen LogP contribution in [-0.2, 0) is 4.79 Å². The molecule has 1 aromatic carbocycles. The van der Waals surface area contributed by atoms with Crippen molar-refractivity contribution in [1.29, 1.82) is 0 Å². The molecule has 0 fully saturated rings. The molecule has 1 aromatic heterocycles. The highest BCUT2D eigenvalue weighted by Gasteiger charge is 2.21. The largest absolute Gasteiger partial charge is 0.495 e. The molecule has 0 spiro atoms. The summed E-state index contributed by atoms with van der Waals surface area (Å²) < 4.78 is 5.18. The summed E-state index contributed by atoms with van der Waals surface area (Å²) in [6.45, 7) is 1.82. The van der Waals surface area contributed by atoms with Crippen LogP contribution in [0.3, 0.4) is 0 Å². The summed E-state index contributed by atoms with van der Waals surface area (Å²) in [5.74, 6) is 0.259. The van der Waals surface area contributed by atoms with Crippen molar-refractivity contribution in [2.24, 2.45) is 0 Å². The molecule has 1 amide bonds. The maximum Gasteiger partial charge on any atom is 0.342 e. The highest BCUT2D eigenvalue weighted by atomic mass is 32.2. The number of para-hydroxylation sites is 2. The number of methoxy groups -OCH3 is 1. The lowest BCUT2D eigenvalue weighted by molar-refractivity contribution is -0.115. The van der Waals surface area contributed by atoms with Gasteiger partial charge in [-0.15, -0.1) is 0 Å². The molecule has 1 heterocycles. The number of ether oxygens (including phenoxy) is 1. The van der Waals surface area contributed by atoms with Gasteiger partial charge in [-0.05, 0) is 18.6 Å². The molecule has 0 radical (unpaired) electrons. The van der Waals surface area contributed by atoms with Gasteiger partial charge in [-0.1, -0.05) is 30.8 Å². The Morgan fingerprint density at radius 2 is 2.13 bits per heavy atom. The molecule has 2 aromatic rings. The number of carbonyl (C=O) groups is 1. The zero-order chi connectivity index (χ0) is 16.8. The van der Waals surface area contributed by atoms with Gasteiger partial charge in [0.25, 0.3) is 5.56 Å². The summed E-state index contributed by atoms with van der Waals surface area (Å²) in [6, 6.07) is 7.03. The minimum absolute atomic E-state index is 0.0339. The summed E-state index contributed by atoms with van der Waals surface area (Å²) in [7, 11) is 1.51. The average Bonchev–Trinajstić information content (AvgIpc) is 2.54. The van der Waals surface area contributed by atoms with Crippen LogP contribution in [0.2, 0.25) is 0 Å². The van der Waals surface area contributed by atoms with Crippen LogP contribution >= 0.6 is 11.8 Å². The van der Waals surface area contributed by atoms with Crippen molar-refractivity contribution in [1.82, 2.24) is 15.2 Å². The molecule has 2 rings (SSSR count). The van der Waals surface area contributed by atoms with Crippen molar-refractivity contribution >= 4 is 23.4 Å². The third-order valence-electron chi connectivity index (χ3n) is 2.96. The van der Waals surface area contributed by atoms with Crippen LogP contribution in [-0.4, -0.2) is 33.4 Å². The van der Waals surface area contributed by atoms with Gasteiger partial charge in [0.1, 0.15) is 5.75 Å². The number of nitrogens with zero attached hydrogens (tertiary/aromatic N) is 1. The summed E-state index contributed by atoms with van der Waals surface area (Å²) in [5.41, 5.74) is -0.768. The summed E-state index contributed by atoms with van der Waals surface area (Å²) >= 11 is 0.987. The van der Waals surface area contributed by atoms with Crippen LogP contribution < -0.4 is 21.3 Å². The lowest BCUT2D eigenvalue weighted by atomic mass is 10.2. The number of H-pyrrole nitrogens is 2. The lowest BCUT2D eigenvalue weighted by Crippen LogP contribution is -2.29. The fraction of sp³-hybridized carbons (Fsp3) is 0.286. The third kappa shape index (κ3) is 4.22. The molecule has 8 nitrogen and oxygen atoms in total. The molecular formula is C14H16N4O4S. The number of amides is 1. The van der Waals surface area contributed by atoms with Gasteiger partial charge in [-0.2, -0.15) is 5.10 Å². The Bertz CT molecular complexity index is 802. The summed E-state index contributed by atoms with van der Waals surface area (Å²) in [5, 5.41) is 8.07. The Morgan fingerprint density at radius 3 is 2.78 bits per heavy atom. The van der Waals surface area contributed by atoms with Gasteiger partial charge in [-0.25, -0.2) is 9.89 Å². The lowest BCUT2D eigenvalue weighted by Gasteiger charge is -2.15. The SMILES string of the molecule is CC[C@@H](Sc1n[nH]c(=O)[nH]c1=O)C(=O)Nc1ccccc1OC. The average molecular weight is 336 g/mol. The number of nitrogens with one attached hydrogen (secondary N) is 3. The van der Waals surface area contributed by atoms with E-state index < -0.39 is 16.5 Å². The topological polar surface area (TPSA) is 117 Å². The molecule has 0 aliphatic rings. The van der Waals surface area contributed by atoms with Crippen molar-refractivity contribution in [3.05, 3.63) is 45.1 Å². The van der Waals surface area contributed by atoms with E-state index in [0.29, 0.717) is 17.9 Å². The van der Waals surface area contributed by atoms with E-state index in [0.717, 1.165) is 11.8 Å². The molecule has 3 N–H and O–H groups in total. The maximum absolute atomic E-state index is 12.4. The number of benzene rings is 1. The Balaban J connectivity index is 2.15. The van der Waals surface area contributed by atoms with E-state index in [-0.39, 0.29) is 10.9 Å². The second-order valence-electron chi connectivity index (χ2n) is 4.52. The molecule has 1 atom stereocenters. The number of rotatable bonds is 6. The van der Waals surface area contributed by atoms with Gasteiger partial charge in [0, 0.05) is 0 Å². The van der Waals surface area contributed by atoms with Gasteiger partial charge in [0.2, 0.25) is 5.91 Å². The maximum atomic E-state index is 12.4. The summed E-state index contributed by atoms with van der Waals surface area (Å²) in [4.78, 5) is 37.1. The Hall–Kier alpha value is -2.55.